The molecule has 0 rings (SSSR count). The summed E-state index contributed by atoms with van der Waals surface area (Å²) in [5.74, 6) is -1.25. The van der Waals surface area contributed by atoms with Crippen molar-refractivity contribution in [1.82, 2.24) is 4.90 Å². The van der Waals surface area contributed by atoms with Crippen LogP contribution in [-0.2, 0) is 14.3 Å². The van der Waals surface area contributed by atoms with E-state index in [1.54, 1.807) is 39.0 Å². The molecule has 0 saturated heterocycles. The molecule has 0 radical (unpaired) electrons. The predicted molar refractivity (Wildman–Crippen MR) is 69.9 cm³/mol. The van der Waals surface area contributed by atoms with Crippen molar-refractivity contribution in [2.75, 3.05) is 27.2 Å². The molecule has 0 spiro atoms. The summed E-state index contributed by atoms with van der Waals surface area (Å²) in [6.07, 6.45) is 1.56. The second kappa shape index (κ2) is 10.3. The highest BCUT2D eigenvalue weighted by Gasteiger charge is 1.99. The molecule has 0 saturated carbocycles. The summed E-state index contributed by atoms with van der Waals surface area (Å²) in [4.78, 5) is 22.4. The summed E-state index contributed by atoms with van der Waals surface area (Å²) in [6.45, 7) is 7.18. The monoisotopic (exact) mass is 258 g/mol. The van der Waals surface area contributed by atoms with E-state index in [1.807, 2.05) is 0 Å². The van der Waals surface area contributed by atoms with Crippen LogP contribution in [0.25, 0.3) is 0 Å². The fourth-order valence-electron chi connectivity index (χ4n) is 0.717. The molecule has 0 aromatic rings. The van der Waals surface area contributed by atoms with Crippen molar-refractivity contribution in [2.24, 2.45) is 5.73 Å². The number of carboxylic acids is 1. The van der Waals surface area contributed by atoms with Gasteiger partial charge in [0.15, 0.2) is 0 Å². The van der Waals surface area contributed by atoms with Gasteiger partial charge in [-0.2, -0.15) is 0 Å². The number of ether oxygens (including phenoxy) is 1. The number of carboxylic acid groups (broad SMARTS) is 1. The van der Waals surface area contributed by atoms with Crippen LogP contribution in [0.4, 0.5) is 0 Å². The van der Waals surface area contributed by atoms with Crippen LogP contribution >= 0.6 is 0 Å². The lowest BCUT2D eigenvalue weighted by atomic mass is 10.3. The Balaban J connectivity index is 0. The first-order valence-corrected chi connectivity index (χ1v) is 5.33. The van der Waals surface area contributed by atoms with E-state index < -0.39 is 5.97 Å². The van der Waals surface area contributed by atoms with Gasteiger partial charge < -0.3 is 20.5 Å². The summed E-state index contributed by atoms with van der Waals surface area (Å²) < 4.78 is 4.59. The molecule has 0 amide bonds. The smallest absolute Gasteiger partial charge is 0.333 e. The van der Waals surface area contributed by atoms with E-state index in [0.717, 1.165) is 0 Å². The van der Waals surface area contributed by atoms with E-state index in [4.69, 9.17) is 10.8 Å². The molecule has 0 unspecified atom stereocenters. The standard InChI is InChI=1S/2C6H11NO2/c1-5(6(8)9)4-7(2)3;1-5(2)6(8)9-4-3-7/h4H,1-3H3,(H,8,9);1,3-4,7H2,2H3. The highest BCUT2D eigenvalue weighted by atomic mass is 16.5. The van der Waals surface area contributed by atoms with Crippen LogP contribution in [0, 0.1) is 0 Å². The van der Waals surface area contributed by atoms with Crippen molar-refractivity contribution in [1.29, 1.82) is 0 Å². The molecule has 6 nitrogen and oxygen atoms in total. The first-order valence-electron chi connectivity index (χ1n) is 5.33. The maximum absolute atomic E-state index is 10.5. The van der Waals surface area contributed by atoms with Gasteiger partial charge in [0.25, 0.3) is 0 Å². The van der Waals surface area contributed by atoms with E-state index in [1.165, 1.54) is 0 Å². The number of hydrogen-bond acceptors (Lipinski definition) is 5. The predicted octanol–water partition coefficient (Wildman–Crippen LogP) is 0.601. The summed E-state index contributed by atoms with van der Waals surface area (Å²) in [5.41, 5.74) is 5.82. The number of nitrogens with two attached hydrogens (primary N) is 1. The zero-order valence-corrected chi connectivity index (χ0v) is 11.4. The van der Waals surface area contributed by atoms with Gasteiger partial charge >= 0.3 is 11.9 Å². The van der Waals surface area contributed by atoms with Crippen LogP contribution in [0.3, 0.4) is 0 Å². The molecule has 0 atom stereocenters. The molecule has 0 aromatic heterocycles. The lowest BCUT2D eigenvalue weighted by molar-refractivity contribution is -0.138. The van der Waals surface area contributed by atoms with Crippen LogP contribution in [0.1, 0.15) is 13.8 Å². The Morgan fingerprint density at radius 2 is 1.89 bits per heavy atom. The van der Waals surface area contributed by atoms with Gasteiger partial charge in [0.05, 0.1) is 0 Å². The largest absolute Gasteiger partial charge is 0.478 e. The summed E-state index contributed by atoms with van der Waals surface area (Å²) in [5, 5.41) is 8.34. The first kappa shape index (κ1) is 18.5. The minimum absolute atomic E-state index is 0.270. The molecule has 0 aromatic carbocycles. The van der Waals surface area contributed by atoms with Gasteiger partial charge in [-0.15, -0.1) is 0 Å². The topological polar surface area (TPSA) is 92.9 Å². The van der Waals surface area contributed by atoms with Gasteiger partial charge in [-0.1, -0.05) is 6.58 Å². The molecule has 104 valence electrons. The van der Waals surface area contributed by atoms with Gasteiger partial charge in [-0.3, -0.25) is 0 Å². The molecule has 0 bridgehead atoms. The van der Waals surface area contributed by atoms with Crippen LogP contribution in [0.5, 0.6) is 0 Å². The third kappa shape index (κ3) is 12.3. The molecule has 6 heteroatoms. The Bertz CT molecular complexity index is 322. The van der Waals surface area contributed by atoms with Crippen LogP contribution in [0.15, 0.2) is 23.9 Å². The van der Waals surface area contributed by atoms with E-state index >= 15 is 0 Å². The average molecular weight is 258 g/mol. The normalized spacial score (nSPS) is 9.94. The lowest BCUT2D eigenvalue weighted by Crippen LogP contribution is -2.13. The molecule has 0 aliphatic heterocycles. The van der Waals surface area contributed by atoms with Crippen molar-refractivity contribution in [3.63, 3.8) is 0 Å². The van der Waals surface area contributed by atoms with Crippen molar-refractivity contribution in [3.05, 3.63) is 23.9 Å². The Morgan fingerprint density at radius 3 is 2.11 bits per heavy atom. The van der Waals surface area contributed by atoms with Crippen molar-refractivity contribution in [3.8, 4) is 0 Å². The molecule has 0 heterocycles. The number of carbonyl (C=O) groups is 2. The Hall–Kier alpha value is -1.82. The van der Waals surface area contributed by atoms with Crippen molar-refractivity contribution >= 4 is 11.9 Å². The maximum Gasteiger partial charge on any atom is 0.333 e. The highest BCUT2D eigenvalue weighted by Crippen LogP contribution is 1.91. The number of nitrogens with zero attached hydrogens (tertiary/aromatic N) is 1. The molecular weight excluding hydrogens is 236 g/mol. The minimum Gasteiger partial charge on any atom is -0.478 e. The molecule has 18 heavy (non-hydrogen) atoms. The summed E-state index contributed by atoms with van der Waals surface area (Å²) in [7, 11) is 3.57. The average Bonchev–Trinajstić information content (AvgIpc) is 2.25. The third-order valence-corrected chi connectivity index (χ3v) is 1.49. The zero-order chi connectivity index (χ0) is 14.7. The number of hydrogen-bond donors (Lipinski definition) is 2. The second-order valence-electron chi connectivity index (χ2n) is 3.79. The summed E-state index contributed by atoms with van der Waals surface area (Å²) in [6, 6.07) is 0. The van der Waals surface area contributed by atoms with E-state index in [2.05, 4.69) is 11.3 Å². The van der Waals surface area contributed by atoms with Crippen LogP contribution < -0.4 is 5.73 Å². The lowest BCUT2D eigenvalue weighted by Gasteiger charge is -2.03. The Morgan fingerprint density at radius 1 is 1.39 bits per heavy atom. The second-order valence-corrected chi connectivity index (χ2v) is 3.79. The quantitative estimate of drug-likeness (QED) is 0.554. The minimum atomic E-state index is -0.872. The number of esters is 1. The fraction of sp³-hybridized carbons (Fsp3) is 0.500. The van der Waals surface area contributed by atoms with Crippen LogP contribution in [0.2, 0.25) is 0 Å². The first-order chi connectivity index (χ1) is 8.22. The van der Waals surface area contributed by atoms with Gasteiger partial charge in [-0.25, -0.2) is 9.59 Å². The number of rotatable bonds is 5. The third-order valence-electron chi connectivity index (χ3n) is 1.49. The molecule has 0 aliphatic rings. The number of carbonyl (C=O) groups excluding carboxylic acids is 1. The van der Waals surface area contributed by atoms with Crippen molar-refractivity contribution < 1.29 is 19.4 Å². The molecular formula is C12H22N2O4. The summed E-state index contributed by atoms with van der Waals surface area (Å²) >= 11 is 0. The Kier molecular flexibility index (Phi) is 10.7. The van der Waals surface area contributed by atoms with Crippen LogP contribution in [-0.4, -0.2) is 49.2 Å². The fourth-order valence-corrected chi connectivity index (χ4v) is 0.717. The van der Waals surface area contributed by atoms with Gasteiger partial charge in [-0.05, 0) is 13.8 Å². The highest BCUT2D eigenvalue weighted by molar-refractivity contribution is 5.86. The molecule has 0 fully saturated rings. The van der Waals surface area contributed by atoms with Gasteiger partial charge in [0.2, 0.25) is 0 Å². The molecule has 3 N–H and O–H groups in total. The van der Waals surface area contributed by atoms with Crippen molar-refractivity contribution in [2.45, 2.75) is 13.8 Å². The number of aliphatic carboxylic acids is 1. The Labute approximate surface area is 108 Å². The maximum atomic E-state index is 10.5. The molecule has 0 aliphatic carbocycles. The SMILES string of the molecule is C=C(C)C(=O)OCCN.CC(=CN(C)C)C(=O)O. The van der Waals surface area contributed by atoms with E-state index in [0.29, 0.717) is 17.7 Å². The van der Waals surface area contributed by atoms with E-state index in [9.17, 15) is 9.59 Å². The van der Waals surface area contributed by atoms with Gasteiger partial charge in [0, 0.05) is 38.0 Å². The zero-order valence-electron chi connectivity index (χ0n) is 11.4. The van der Waals surface area contributed by atoms with E-state index in [-0.39, 0.29) is 12.6 Å². The van der Waals surface area contributed by atoms with Gasteiger partial charge in [0.1, 0.15) is 6.61 Å².